The molecule has 0 aliphatic carbocycles. The summed E-state index contributed by atoms with van der Waals surface area (Å²) in [7, 11) is 0. The van der Waals surface area contributed by atoms with Crippen LogP contribution in [0.3, 0.4) is 0 Å². The minimum atomic E-state index is -0.116. The lowest BCUT2D eigenvalue weighted by Gasteiger charge is -2.30. The van der Waals surface area contributed by atoms with Crippen LogP contribution in [-0.2, 0) is 0 Å². The average Bonchev–Trinajstić information content (AvgIpc) is 2.68. The van der Waals surface area contributed by atoms with Crippen molar-refractivity contribution in [1.29, 1.82) is 0 Å². The van der Waals surface area contributed by atoms with Gasteiger partial charge in [0.2, 0.25) is 0 Å². The molecule has 3 rings (SSSR count). The fraction of sp³-hybridized carbons (Fsp3) is 0.467. The van der Waals surface area contributed by atoms with Crippen molar-refractivity contribution in [3.05, 3.63) is 34.4 Å². The van der Waals surface area contributed by atoms with Gasteiger partial charge in [0.15, 0.2) is 0 Å². The Morgan fingerprint density at radius 1 is 1.11 bits per heavy atom. The van der Waals surface area contributed by atoms with Crippen molar-refractivity contribution in [2.75, 3.05) is 13.1 Å². The van der Waals surface area contributed by atoms with Crippen molar-refractivity contribution in [3.8, 4) is 0 Å². The number of rotatable bonds is 1. The fourth-order valence-corrected chi connectivity index (χ4v) is 3.08. The highest BCUT2D eigenvalue weighted by molar-refractivity contribution is 6.22. The van der Waals surface area contributed by atoms with E-state index in [0.29, 0.717) is 17.7 Å². The van der Waals surface area contributed by atoms with Crippen LogP contribution in [0.5, 0.6) is 0 Å². The van der Waals surface area contributed by atoms with Crippen molar-refractivity contribution in [2.24, 2.45) is 0 Å². The monoisotopic (exact) mass is 258 g/mol. The maximum atomic E-state index is 12.6. The maximum Gasteiger partial charge on any atom is 0.262 e. The number of piperidine rings is 1. The molecule has 2 aliphatic heterocycles. The zero-order chi connectivity index (χ0) is 13.6. The van der Waals surface area contributed by atoms with Gasteiger partial charge >= 0.3 is 0 Å². The summed E-state index contributed by atoms with van der Waals surface area (Å²) in [5, 5.41) is 3.26. The lowest BCUT2D eigenvalue weighted by molar-refractivity contribution is 0.0560. The molecule has 0 bridgehead atoms. The topological polar surface area (TPSA) is 49.4 Å². The van der Waals surface area contributed by atoms with E-state index in [2.05, 4.69) is 5.32 Å². The lowest BCUT2D eigenvalue weighted by atomic mass is 9.99. The van der Waals surface area contributed by atoms with Crippen LogP contribution in [0.2, 0.25) is 0 Å². The summed E-state index contributed by atoms with van der Waals surface area (Å²) < 4.78 is 0. The van der Waals surface area contributed by atoms with Gasteiger partial charge in [-0.25, -0.2) is 0 Å². The Hall–Kier alpha value is -1.68. The quantitative estimate of drug-likeness (QED) is 0.779. The van der Waals surface area contributed by atoms with Crippen molar-refractivity contribution >= 4 is 11.8 Å². The van der Waals surface area contributed by atoms with E-state index in [1.807, 2.05) is 26.0 Å². The second kappa shape index (κ2) is 4.46. The molecule has 100 valence electrons. The van der Waals surface area contributed by atoms with Crippen LogP contribution >= 0.6 is 0 Å². The first kappa shape index (κ1) is 12.4. The Balaban J connectivity index is 2.04. The summed E-state index contributed by atoms with van der Waals surface area (Å²) in [5.41, 5.74) is 3.00. The summed E-state index contributed by atoms with van der Waals surface area (Å²) in [5.74, 6) is -0.232. The first-order valence-electron chi connectivity index (χ1n) is 6.80. The van der Waals surface area contributed by atoms with E-state index in [1.165, 1.54) is 4.90 Å². The van der Waals surface area contributed by atoms with Gasteiger partial charge < -0.3 is 5.32 Å². The third kappa shape index (κ3) is 1.78. The molecule has 1 unspecified atom stereocenters. The standard InChI is InChI=1S/C15H18N2O2/c1-9-5-6-10(2)13-12(9)14(18)17(15(13)19)11-4-3-7-16-8-11/h5-6,11,16H,3-4,7-8H2,1-2H3. The second-order valence-electron chi connectivity index (χ2n) is 5.43. The molecule has 19 heavy (non-hydrogen) atoms. The summed E-state index contributed by atoms with van der Waals surface area (Å²) in [6, 6.07) is 3.84. The number of hydrogen-bond acceptors (Lipinski definition) is 3. The molecule has 1 N–H and O–H groups in total. The summed E-state index contributed by atoms with van der Waals surface area (Å²) >= 11 is 0. The van der Waals surface area contributed by atoms with Gasteiger partial charge in [-0.05, 0) is 44.4 Å². The largest absolute Gasteiger partial charge is 0.315 e. The minimum Gasteiger partial charge on any atom is -0.315 e. The maximum absolute atomic E-state index is 12.6. The number of aryl methyl sites for hydroxylation is 2. The number of fused-ring (bicyclic) bond motifs is 1. The van der Waals surface area contributed by atoms with Crippen LogP contribution < -0.4 is 5.32 Å². The van der Waals surface area contributed by atoms with Gasteiger partial charge in [-0.3, -0.25) is 14.5 Å². The van der Waals surface area contributed by atoms with Crippen LogP contribution in [0.15, 0.2) is 12.1 Å². The molecule has 1 fully saturated rings. The predicted octanol–water partition coefficient (Wildman–Crippen LogP) is 1.65. The van der Waals surface area contributed by atoms with Crippen LogP contribution in [-0.4, -0.2) is 35.8 Å². The van der Waals surface area contributed by atoms with Crippen LogP contribution in [0, 0.1) is 13.8 Å². The number of nitrogens with one attached hydrogen (secondary N) is 1. The van der Waals surface area contributed by atoms with E-state index in [4.69, 9.17) is 0 Å². The van der Waals surface area contributed by atoms with E-state index >= 15 is 0 Å². The first-order valence-corrected chi connectivity index (χ1v) is 6.80. The van der Waals surface area contributed by atoms with Gasteiger partial charge in [0, 0.05) is 6.54 Å². The minimum absolute atomic E-state index is 0.0000463. The fourth-order valence-electron chi connectivity index (χ4n) is 3.08. The van der Waals surface area contributed by atoms with Crippen molar-refractivity contribution in [1.82, 2.24) is 10.2 Å². The predicted molar refractivity (Wildman–Crippen MR) is 72.3 cm³/mol. The summed E-state index contributed by atoms with van der Waals surface area (Å²) in [6.07, 6.45) is 1.91. The Labute approximate surface area is 112 Å². The molecule has 0 saturated carbocycles. The molecule has 1 aromatic carbocycles. The highest BCUT2D eigenvalue weighted by Gasteiger charge is 2.41. The van der Waals surface area contributed by atoms with E-state index in [9.17, 15) is 9.59 Å². The average molecular weight is 258 g/mol. The van der Waals surface area contributed by atoms with Gasteiger partial charge in [0.25, 0.3) is 11.8 Å². The second-order valence-corrected chi connectivity index (χ2v) is 5.43. The summed E-state index contributed by atoms with van der Waals surface area (Å²) in [4.78, 5) is 26.6. The number of benzene rings is 1. The van der Waals surface area contributed by atoms with Crippen molar-refractivity contribution in [3.63, 3.8) is 0 Å². The smallest absolute Gasteiger partial charge is 0.262 e. The van der Waals surface area contributed by atoms with Gasteiger partial charge in [-0.1, -0.05) is 12.1 Å². The van der Waals surface area contributed by atoms with Crippen molar-refractivity contribution < 1.29 is 9.59 Å². The van der Waals surface area contributed by atoms with Crippen LogP contribution in [0.25, 0.3) is 0 Å². The molecule has 2 aliphatic rings. The zero-order valence-corrected chi connectivity index (χ0v) is 11.3. The highest BCUT2D eigenvalue weighted by atomic mass is 16.2. The number of carbonyl (C=O) groups excluding carboxylic acids is 2. The summed E-state index contributed by atoms with van der Waals surface area (Å²) in [6.45, 7) is 5.47. The molecule has 4 heteroatoms. The molecule has 1 aromatic rings. The zero-order valence-electron chi connectivity index (χ0n) is 11.3. The van der Waals surface area contributed by atoms with Gasteiger partial charge in [0.05, 0.1) is 17.2 Å². The molecule has 1 saturated heterocycles. The lowest BCUT2D eigenvalue weighted by Crippen LogP contribution is -2.48. The number of imide groups is 1. The van der Waals surface area contributed by atoms with Crippen LogP contribution in [0.4, 0.5) is 0 Å². The Kier molecular flexibility index (Phi) is 2.90. The van der Waals surface area contributed by atoms with Gasteiger partial charge in [-0.2, -0.15) is 0 Å². The molecular formula is C15H18N2O2. The molecule has 0 spiro atoms. The van der Waals surface area contributed by atoms with E-state index < -0.39 is 0 Å². The molecular weight excluding hydrogens is 240 g/mol. The Bertz CT molecular complexity index is 519. The number of amides is 2. The van der Waals surface area contributed by atoms with Crippen molar-refractivity contribution in [2.45, 2.75) is 32.7 Å². The molecule has 0 aromatic heterocycles. The number of hydrogen-bond donors (Lipinski definition) is 1. The molecule has 2 amide bonds. The number of nitrogens with zero attached hydrogens (tertiary/aromatic N) is 1. The van der Waals surface area contributed by atoms with E-state index in [1.54, 1.807) is 0 Å². The SMILES string of the molecule is Cc1ccc(C)c2c1C(=O)N(C1CCCNC1)C2=O. The van der Waals surface area contributed by atoms with Gasteiger partial charge in [-0.15, -0.1) is 0 Å². The molecule has 2 heterocycles. The molecule has 0 radical (unpaired) electrons. The van der Waals surface area contributed by atoms with E-state index in [0.717, 1.165) is 30.5 Å². The third-order valence-electron chi connectivity index (χ3n) is 4.12. The molecule has 4 nitrogen and oxygen atoms in total. The van der Waals surface area contributed by atoms with Gasteiger partial charge in [0.1, 0.15) is 0 Å². The Morgan fingerprint density at radius 2 is 1.68 bits per heavy atom. The first-order chi connectivity index (χ1) is 9.11. The normalized spacial score (nSPS) is 22.8. The van der Waals surface area contributed by atoms with E-state index in [-0.39, 0.29) is 17.9 Å². The third-order valence-corrected chi connectivity index (χ3v) is 4.12. The highest BCUT2D eigenvalue weighted by Crippen LogP contribution is 2.31. The van der Waals surface area contributed by atoms with Crippen LogP contribution in [0.1, 0.15) is 44.7 Å². The Morgan fingerprint density at radius 3 is 2.16 bits per heavy atom. The molecule has 1 atom stereocenters. The number of carbonyl (C=O) groups is 2.